The molecule has 1 aromatic carbocycles. The van der Waals surface area contributed by atoms with Gasteiger partial charge in [0.25, 0.3) is 5.56 Å². The summed E-state index contributed by atoms with van der Waals surface area (Å²) in [6.45, 7) is 11.5. The van der Waals surface area contributed by atoms with E-state index in [1.165, 1.54) is 11.1 Å². The second-order valence-electron chi connectivity index (χ2n) is 7.32. The zero-order valence-corrected chi connectivity index (χ0v) is 17.7. The van der Waals surface area contributed by atoms with Crippen LogP contribution in [-0.2, 0) is 6.54 Å². The van der Waals surface area contributed by atoms with E-state index in [0.29, 0.717) is 5.92 Å². The predicted octanol–water partition coefficient (Wildman–Crippen LogP) is 3.60. The standard InChI is InChI=1S/C23H34N4O/c1-5-24-23(26-17-19(3)21-13-11-18(2)12-14-21)25-15-6-7-16-27-20(4)9-8-10-22(27)28/h8-14,19H,5-7,15-17H2,1-4H3,(H2,24,25,26). The molecule has 0 aliphatic rings. The average molecular weight is 383 g/mol. The molecule has 5 heteroatoms. The third-order valence-corrected chi connectivity index (χ3v) is 4.88. The second kappa shape index (κ2) is 11.3. The summed E-state index contributed by atoms with van der Waals surface area (Å²) in [4.78, 5) is 16.6. The zero-order chi connectivity index (χ0) is 20.4. The fourth-order valence-electron chi connectivity index (χ4n) is 3.08. The van der Waals surface area contributed by atoms with E-state index in [-0.39, 0.29) is 5.56 Å². The number of nitrogens with zero attached hydrogens (tertiary/aromatic N) is 2. The lowest BCUT2D eigenvalue weighted by Gasteiger charge is -2.14. The minimum Gasteiger partial charge on any atom is -0.357 e. The van der Waals surface area contributed by atoms with Crippen molar-refractivity contribution in [2.45, 2.75) is 53.0 Å². The van der Waals surface area contributed by atoms with Crippen LogP contribution in [0.3, 0.4) is 0 Å². The molecule has 0 fully saturated rings. The summed E-state index contributed by atoms with van der Waals surface area (Å²) >= 11 is 0. The van der Waals surface area contributed by atoms with Gasteiger partial charge in [-0.25, -0.2) is 0 Å². The van der Waals surface area contributed by atoms with E-state index < -0.39 is 0 Å². The fourth-order valence-corrected chi connectivity index (χ4v) is 3.08. The van der Waals surface area contributed by atoms with Crippen molar-refractivity contribution in [2.24, 2.45) is 4.99 Å². The highest BCUT2D eigenvalue weighted by Crippen LogP contribution is 2.15. The molecule has 1 atom stereocenters. The number of nitrogens with one attached hydrogen (secondary N) is 2. The second-order valence-corrected chi connectivity index (χ2v) is 7.32. The largest absolute Gasteiger partial charge is 0.357 e. The molecular weight excluding hydrogens is 348 g/mol. The molecule has 1 aromatic heterocycles. The number of benzene rings is 1. The minimum atomic E-state index is 0.0768. The molecule has 1 unspecified atom stereocenters. The maximum atomic E-state index is 11.9. The fraction of sp³-hybridized carbons (Fsp3) is 0.478. The normalized spacial score (nSPS) is 12.6. The number of aromatic nitrogens is 1. The van der Waals surface area contributed by atoms with Crippen LogP contribution in [0.2, 0.25) is 0 Å². The van der Waals surface area contributed by atoms with Crippen LogP contribution in [0.5, 0.6) is 0 Å². The molecule has 2 rings (SSSR count). The Morgan fingerprint density at radius 3 is 2.50 bits per heavy atom. The van der Waals surface area contributed by atoms with Crippen LogP contribution in [0.1, 0.15) is 49.4 Å². The Labute approximate surface area is 168 Å². The van der Waals surface area contributed by atoms with Gasteiger partial charge in [-0.15, -0.1) is 0 Å². The number of aliphatic imine (C=N–C) groups is 1. The maximum absolute atomic E-state index is 11.9. The maximum Gasteiger partial charge on any atom is 0.250 e. The van der Waals surface area contributed by atoms with Crippen LogP contribution < -0.4 is 16.2 Å². The van der Waals surface area contributed by atoms with Gasteiger partial charge in [0.1, 0.15) is 0 Å². The molecule has 2 N–H and O–H groups in total. The van der Waals surface area contributed by atoms with Gasteiger partial charge >= 0.3 is 0 Å². The summed E-state index contributed by atoms with van der Waals surface area (Å²) in [5.74, 6) is 1.23. The lowest BCUT2D eigenvalue weighted by atomic mass is 10.0. The molecule has 0 bridgehead atoms. The lowest BCUT2D eigenvalue weighted by Crippen LogP contribution is -2.38. The van der Waals surface area contributed by atoms with Crippen molar-refractivity contribution in [1.82, 2.24) is 15.2 Å². The van der Waals surface area contributed by atoms with E-state index in [0.717, 1.165) is 50.7 Å². The summed E-state index contributed by atoms with van der Waals surface area (Å²) in [5.41, 5.74) is 3.68. The van der Waals surface area contributed by atoms with Crippen molar-refractivity contribution in [3.05, 3.63) is 69.6 Å². The molecule has 2 aromatic rings. The van der Waals surface area contributed by atoms with E-state index in [4.69, 9.17) is 4.99 Å². The summed E-state index contributed by atoms with van der Waals surface area (Å²) in [7, 11) is 0. The van der Waals surface area contributed by atoms with E-state index in [1.54, 1.807) is 6.07 Å². The van der Waals surface area contributed by atoms with Gasteiger partial charge in [-0.1, -0.05) is 42.8 Å². The molecule has 152 valence electrons. The Morgan fingerprint density at radius 2 is 1.82 bits per heavy atom. The van der Waals surface area contributed by atoms with Crippen molar-refractivity contribution in [1.29, 1.82) is 0 Å². The van der Waals surface area contributed by atoms with Gasteiger partial charge in [0.15, 0.2) is 5.96 Å². The highest BCUT2D eigenvalue weighted by atomic mass is 16.1. The monoisotopic (exact) mass is 382 g/mol. The van der Waals surface area contributed by atoms with Crippen LogP contribution in [0.25, 0.3) is 0 Å². The van der Waals surface area contributed by atoms with Gasteiger partial charge < -0.3 is 15.2 Å². The summed E-state index contributed by atoms with van der Waals surface area (Å²) in [6, 6.07) is 14.1. The molecule has 0 radical (unpaired) electrons. The number of unbranched alkanes of at least 4 members (excludes halogenated alkanes) is 1. The first-order chi connectivity index (χ1) is 13.5. The van der Waals surface area contributed by atoms with Crippen molar-refractivity contribution in [3.63, 3.8) is 0 Å². The smallest absolute Gasteiger partial charge is 0.250 e. The number of rotatable bonds is 9. The third-order valence-electron chi connectivity index (χ3n) is 4.88. The highest BCUT2D eigenvalue weighted by molar-refractivity contribution is 5.79. The Hall–Kier alpha value is -2.56. The summed E-state index contributed by atoms with van der Waals surface area (Å²) in [5, 5.41) is 6.71. The van der Waals surface area contributed by atoms with Gasteiger partial charge in [-0.05, 0) is 45.2 Å². The number of aryl methyl sites for hydroxylation is 2. The SMILES string of the molecule is CCNC(=NCC(C)c1ccc(C)cc1)NCCCCn1c(C)cccc1=O. The van der Waals surface area contributed by atoms with Gasteiger partial charge in [-0.3, -0.25) is 9.79 Å². The van der Waals surface area contributed by atoms with E-state index in [9.17, 15) is 4.79 Å². The molecule has 28 heavy (non-hydrogen) atoms. The summed E-state index contributed by atoms with van der Waals surface area (Å²) in [6.07, 6.45) is 1.94. The van der Waals surface area contributed by atoms with Crippen LogP contribution in [0.4, 0.5) is 0 Å². The van der Waals surface area contributed by atoms with E-state index >= 15 is 0 Å². The quantitative estimate of drug-likeness (QED) is 0.396. The van der Waals surface area contributed by atoms with Gasteiger partial charge in [0, 0.05) is 43.9 Å². The first-order valence-corrected chi connectivity index (χ1v) is 10.3. The zero-order valence-electron chi connectivity index (χ0n) is 17.7. The molecule has 0 amide bonds. The Morgan fingerprint density at radius 1 is 1.07 bits per heavy atom. The van der Waals surface area contributed by atoms with E-state index in [2.05, 4.69) is 55.7 Å². The Balaban J connectivity index is 1.79. The van der Waals surface area contributed by atoms with Gasteiger partial charge in [0.05, 0.1) is 0 Å². The molecule has 0 aliphatic carbocycles. The minimum absolute atomic E-state index is 0.0768. The molecule has 1 heterocycles. The first-order valence-electron chi connectivity index (χ1n) is 10.3. The predicted molar refractivity (Wildman–Crippen MR) is 118 cm³/mol. The third kappa shape index (κ3) is 6.87. The lowest BCUT2D eigenvalue weighted by molar-refractivity contribution is 0.574. The highest BCUT2D eigenvalue weighted by Gasteiger charge is 2.05. The van der Waals surface area contributed by atoms with Crippen molar-refractivity contribution >= 4 is 5.96 Å². The van der Waals surface area contributed by atoms with Crippen LogP contribution in [0.15, 0.2) is 52.3 Å². The topological polar surface area (TPSA) is 58.4 Å². The van der Waals surface area contributed by atoms with Crippen molar-refractivity contribution in [2.75, 3.05) is 19.6 Å². The van der Waals surface area contributed by atoms with Gasteiger partial charge in [-0.2, -0.15) is 0 Å². The van der Waals surface area contributed by atoms with Crippen LogP contribution in [0, 0.1) is 13.8 Å². The van der Waals surface area contributed by atoms with Crippen molar-refractivity contribution < 1.29 is 0 Å². The average Bonchev–Trinajstić information content (AvgIpc) is 2.68. The summed E-state index contributed by atoms with van der Waals surface area (Å²) < 4.78 is 1.84. The van der Waals surface area contributed by atoms with E-state index in [1.807, 2.05) is 23.6 Å². The molecule has 0 saturated carbocycles. The molecule has 0 aliphatic heterocycles. The first kappa shape index (κ1) is 21.7. The molecule has 0 saturated heterocycles. The number of hydrogen-bond donors (Lipinski definition) is 2. The number of hydrogen-bond acceptors (Lipinski definition) is 2. The van der Waals surface area contributed by atoms with Gasteiger partial charge in [0.2, 0.25) is 0 Å². The van der Waals surface area contributed by atoms with Crippen LogP contribution in [-0.4, -0.2) is 30.2 Å². The van der Waals surface area contributed by atoms with Crippen molar-refractivity contribution in [3.8, 4) is 0 Å². The number of pyridine rings is 1. The number of guanidine groups is 1. The van der Waals surface area contributed by atoms with Crippen LogP contribution >= 0.6 is 0 Å². The Bertz CT molecular complexity index is 808. The molecule has 0 spiro atoms. The molecule has 5 nitrogen and oxygen atoms in total. The Kier molecular flexibility index (Phi) is 8.79. The molecular formula is C23H34N4O.